The summed E-state index contributed by atoms with van der Waals surface area (Å²) in [5, 5.41) is 11.0. The van der Waals surface area contributed by atoms with Crippen molar-refractivity contribution >= 4 is 17.6 Å². The number of carboxylic acid groups (broad SMARTS) is 1. The van der Waals surface area contributed by atoms with E-state index in [-0.39, 0.29) is 11.3 Å². The number of carbonyl (C=O) groups is 2. The van der Waals surface area contributed by atoms with Crippen molar-refractivity contribution in [2.24, 2.45) is 0 Å². The van der Waals surface area contributed by atoms with E-state index < -0.39 is 29.1 Å². The zero-order valence-electron chi connectivity index (χ0n) is 10.1. The lowest BCUT2D eigenvalue weighted by molar-refractivity contribution is 0.0692. The third-order valence-corrected chi connectivity index (χ3v) is 2.54. The molecule has 0 aromatic heterocycles. The second-order valence-corrected chi connectivity index (χ2v) is 3.96. The van der Waals surface area contributed by atoms with Crippen LogP contribution in [-0.4, -0.2) is 17.0 Å². The summed E-state index contributed by atoms with van der Waals surface area (Å²) in [6.07, 6.45) is 0. The number of hydrogen-bond acceptors (Lipinski definition) is 2. The molecule has 0 aliphatic rings. The highest BCUT2D eigenvalue weighted by atomic mass is 19.1. The molecule has 0 bridgehead atoms. The quantitative estimate of drug-likeness (QED) is 0.906. The monoisotopic (exact) mass is 277 g/mol. The fraction of sp³-hybridized carbons (Fsp3) is 0. The van der Waals surface area contributed by atoms with Crippen LogP contribution in [0, 0.1) is 11.6 Å². The highest BCUT2D eigenvalue weighted by molar-refractivity contribution is 6.04. The summed E-state index contributed by atoms with van der Waals surface area (Å²) in [6, 6.07) is 8.19. The molecule has 0 unspecified atom stereocenters. The van der Waals surface area contributed by atoms with Crippen molar-refractivity contribution < 1.29 is 23.5 Å². The number of rotatable bonds is 3. The molecule has 20 heavy (non-hydrogen) atoms. The van der Waals surface area contributed by atoms with Crippen LogP contribution in [-0.2, 0) is 0 Å². The second-order valence-electron chi connectivity index (χ2n) is 3.96. The van der Waals surface area contributed by atoms with Crippen LogP contribution in [0.2, 0.25) is 0 Å². The van der Waals surface area contributed by atoms with Crippen molar-refractivity contribution in [2.45, 2.75) is 0 Å². The molecule has 2 N–H and O–H groups in total. The van der Waals surface area contributed by atoms with Gasteiger partial charge in [-0.15, -0.1) is 0 Å². The lowest BCUT2D eigenvalue weighted by atomic mass is 10.1. The number of hydrogen-bond donors (Lipinski definition) is 2. The lowest BCUT2D eigenvalue weighted by Crippen LogP contribution is -2.12. The van der Waals surface area contributed by atoms with Gasteiger partial charge in [-0.1, -0.05) is 6.07 Å². The molecule has 2 aromatic rings. The van der Waals surface area contributed by atoms with Gasteiger partial charge in [0.1, 0.15) is 11.6 Å². The average Bonchev–Trinajstić information content (AvgIpc) is 2.38. The molecule has 4 nitrogen and oxygen atoms in total. The fourth-order valence-corrected chi connectivity index (χ4v) is 1.60. The summed E-state index contributed by atoms with van der Waals surface area (Å²) in [6.45, 7) is 0. The van der Waals surface area contributed by atoms with Gasteiger partial charge in [0.2, 0.25) is 0 Å². The molecular formula is C14H9F2NO3. The van der Waals surface area contributed by atoms with Crippen LogP contribution in [0.1, 0.15) is 20.7 Å². The number of nitrogens with one attached hydrogen (secondary N) is 1. The van der Waals surface area contributed by atoms with Crippen LogP contribution in [0.4, 0.5) is 14.5 Å². The van der Waals surface area contributed by atoms with Gasteiger partial charge < -0.3 is 10.4 Å². The number of anilines is 1. The topological polar surface area (TPSA) is 66.4 Å². The van der Waals surface area contributed by atoms with E-state index in [0.29, 0.717) is 0 Å². The molecule has 0 aliphatic heterocycles. The standard InChI is InChI=1S/C14H9F2NO3/c15-9-3-1-2-8(6-9)13(18)17-10-4-5-11(14(19)20)12(16)7-10/h1-7H,(H,17,18)(H,19,20). The van der Waals surface area contributed by atoms with Crippen molar-refractivity contribution in [1.29, 1.82) is 0 Å². The predicted octanol–water partition coefficient (Wildman–Crippen LogP) is 2.92. The Bertz CT molecular complexity index is 686. The maximum atomic E-state index is 13.4. The summed E-state index contributed by atoms with van der Waals surface area (Å²) < 4.78 is 26.4. The molecule has 0 heterocycles. The highest BCUT2D eigenvalue weighted by Crippen LogP contribution is 2.16. The van der Waals surface area contributed by atoms with Crippen molar-refractivity contribution in [1.82, 2.24) is 0 Å². The van der Waals surface area contributed by atoms with Gasteiger partial charge in [-0.25, -0.2) is 13.6 Å². The number of carbonyl (C=O) groups excluding carboxylic acids is 1. The summed E-state index contributed by atoms with van der Waals surface area (Å²) in [5.74, 6) is -3.54. The molecule has 0 spiro atoms. The lowest BCUT2D eigenvalue weighted by Gasteiger charge is -2.06. The maximum Gasteiger partial charge on any atom is 0.338 e. The van der Waals surface area contributed by atoms with Crippen LogP contribution in [0.5, 0.6) is 0 Å². The largest absolute Gasteiger partial charge is 0.478 e. The highest BCUT2D eigenvalue weighted by Gasteiger charge is 2.12. The Morgan fingerprint density at radius 1 is 1.05 bits per heavy atom. The van der Waals surface area contributed by atoms with E-state index in [1.54, 1.807) is 0 Å². The van der Waals surface area contributed by atoms with E-state index in [1.807, 2.05) is 0 Å². The number of carboxylic acids is 1. The molecule has 0 atom stereocenters. The van der Waals surface area contributed by atoms with E-state index >= 15 is 0 Å². The summed E-state index contributed by atoms with van der Waals surface area (Å²) in [5.41, 5.74) is -0.330. The molecule has 0 saturated heterocycles. The summed E-state index contributed by atoms with van der Waals surface area (Å²) >= 11 is 0. The van der Waals surface area contributed by atoms with Gasteiger partial charge in [-0.2, -0.15) is 0 Å². The van der Waals surface area contributed by atoms with Crippen molar-refractivity contribution in [3.8, 4) is 0 Å². The van der Waals surface area contributed by atoms with Gasteiger partial charge in [-0.3, -0.25) is 4.79 Å². The second kappa shape index (κ2) is 5.48. The van der Waals surface area contributed by atoms with Gasteiger partial charge in [-0.05, 0) is 36.4 Å². The zero-order chi connectivity index (χ0) is 14.7. The molecule has 0 fully saturated rings. The summed E-state index contributed by atoms with van der Waals surface area (Å²) in [7, 11) is 0. The first-order valence-electron chi connectivity index (χ1n) is 5.57. The van der Waals surface area contributed by atoms with E-state index in [1.165, 1.54) is 24.3 Å². The van der Waals surface area contributed by atoms with Crippen molar-refractivity contribution in [3.63, 3.8) is 0 Å². The zero-order valence-corrected chi connectivity index (χ0v) is 10.1. The first-order valence-corrected chi connectivity index (χ1v) is 5.57. The Kier molecular flexibility index (Phi) is 3.74. The first-order chi connectivity index (χ1) is 9.47. The number of aromatic carboxylic acids is 1. The Morgan fingerprint density at radius 2 is 1.80 bits per heavy atom. The Morgan fingerprint density at radius 3 is 2.40 bits per heavy atom. The molecule has 1 amide bonds. The molecule has 2 rings (SSSR count). The average molecular weight is 277 g/mol. The first kappa shape index (κ1) is 13.7. The smallest absolute Gasteiger partial charge is 0.338 e. The Balaban J connectivity index is 2.20. The SMILES string of the molecule is O=C(Nc1ccc(C(=O)O)c(F)c1)c1cccc(F)c1. The molecule has 102 valence electrons. The fourth-order valence-electron chi connectivity index (χ4n) is 1.60. The van der Waals surface area contributed by atoms with Crippen molar-refractivity contribution in [2.75, 3.05) is 5.32 Å². The summed E-state index contributed by atoms with van der Waals surface area (Å²) in [4.78, 5) is 22.4. The number of amides is 1. The van der Waals surface area contributed by atoms with Crippen LogP contribution >= 0.6 is 0 Å². The van der Waals surface area contributed by atoms with Gasteiger partial charge in [0.05, 0.1) is 5.56 Å². The van der Waals surface area contributed by atoms with Gasteiger partial charge in [0, 0.05) is 11.3 Å². The Labute approximate surface area is 112 Å². The van der Waals surface area contributed by atoms with E-state index in [4.69, 9.17) is 5.11 Å². The van der Waals surface area contributed by atoms with Crippen molar-refractivity contribution in [3.05, 3.63) is 65.2 Å². The van der Waals surface area contributed by atoms with E-state index in [0.717, 1.165) is 18.2 Å². The van der Waals surface area contributed by atoms with Crippen LogP contribution in [0.25, 0.3) is 0 Å². The number of benzene rings is 2. The molecule has 0 radical (unpaired) electrons. The Hall–Kier alpha value is -2.76. The van der Waals surface area contributed by atoms with E-state index in [2.05, 4.69) is 5.32 Å². The third-order valence-electron chi connectivity index (χ3n) is 2.54. The molecule has 0 aliphatic carbocycles. The van der Waals surface area contributed by atoms with Gasteiger partial charge >= 0.3 is 5.97 Å². The van der Waals surface area contributed by atoms with Gasteiger partial charge in [0.25, 0.3) is 5.91 Å². The normalized spacial score (nSPS) is 10.1. The molecular weight excluding hydrogens is 268 g/mol. The van der Waals surface area contributed by atoms with Crippen LogP contribution in [0.3, 0.4) is 0 Å². The van der Waals surface area contributed by atoms with Crippen LogP contribution in [0.15, 0.2) is 42.5 Å². The minimum absolute atomic E-state index is 0.0766. The van der Waals surface area contributed by atoms with Crippen LogP contribution < -0.4 is 5.32 Å². The molecule has 6 heteroatoms. The molecule has 0 saturated carbocycles. The maximum absolute atomic E-state index is 13.4. The van der Waals surface area contributed by atoms with Gasteiger partial charge in [0.15, 0.2) is 0 Å². The number of halogens is 2. The minimum Gasteiger partial charge on any atom is -0.478 e. The van der Waals surface area contributed by atoms with E-state index in [9.17, 15) is 18.4 Å². The molecule has 2 aromatic carbocycles. The minimum atomic E-state index is -1.40. The predicted molar refractivity (Wildman–Crippen MR) is 67.7 cm³/mol. The third kappa shape index (κ3) is 2.97.